The number of carbonyl (C=O) groups excluding carboxylic acids is 1. The first-order chi connectivity index (χ1) is 11.7. The van der Waals surface area contributed by atoms with Gasteiger partial charge in [0.15, 0.2) is 5.78 Å². The molecule has 128 valence electrons. The van der Waals surface area contributed by atoms with E-state index >= 15 is 0 Å². The molecule has 0 aliphatic heterocycles. The molecule has 1 fully saturated rings. The van der Waals surface area contributed by atoms with Crippen molar-refractivity contribution in [1.29, 1.82) is 0 Å². The molecule has 1 saturated carbocycles. The molecule has 0 amide bonds. The van der Waals surface area contributed by atoms with Gasteiger partial charge in [-0.15, -0.1) is 0 Å². The number of carbonyl (C=O) groups is 1. The predicted octanol–water partition coefficient (Wildman–Crippen LogP) is 3.98. The van der Waals surface area contributed by atoms with Gasteiger partial charge in [0.25, 0.3) is 0 Å². The smallest absolute Gasteiger partial charge is 0.178 e. The summed E-state index contributed by atoms with van der Waals surface area (Å²) in [6.07, 6.45) is 8.20. The maximum absolute atomic E-state index is 12.6. The van der Waals surface area contributed by atoms with Crippen molar-refractivity contribution in [1.82, 2.24) is 14.9 Å². The van der Waals surface area contributed by atoms with Gasteiger partial charge in [-0.05, 0) is 44.9 Å². The topological polar surface area (TPSA) is 46.9 Å². The summed E-state index contributed by atoms with van der Waals surface area (Å²) < 4.78 is 2.39. The minimum atomic E-state index is 0.168. The fourth-order valence-electron chi connectivity index (χ4n) is 3.86. The van der Waals surface area contributed by atoms with Crippen LogP contribution in [0.2, 0.25) is 0 Å². The number of hydrogen-bond acceptors (Lipinski definition) is 3. The molecular weight excluding hydrogens is 298 g/mol. The van der Waals surface area contributed by atoms with E-state index in [1.165, 1.54) is 37.8 Å². The minimum Gasteiger partial charge on any atom is -0.345 e. The van der Waals surface area contributed by atoms with E-state index in [4.69, 9.17) is 0 Å². The third kappa shape index (κ3) is 3.75. The van der Waals surface area contributed by atoms with Crippen LogP contribution >= 0.6 is 0 Å². The summed E-state index contributed by atoms with van der Waals surface area (Å²) in [5.41, 5.74) is 4.17. The zero-order chi connectivity index (χ0) is 16.9. The minimum absolute atomic E-state index is 0.168. The van der Waals surface area contributed by atoms with Gasteiger partial charge in [0.2, 0.25) is 0 Å². The molecule has 1 aliphatic carbocycles. The quantitative estimate of drug-likeness (QED) is 0.817. The lowest BCUT2D eigenvalue weighted by molar-refractivity contribution is 0.0990. The highest BCUT2D eigenvalue weighted by Gasteiger charge is 2.22. The number of hydrogen-bond donors (Lipinski definition) is 1. The van der Waals surface area contributed by atoms with E-state index in [1.807, 2.05) is 18.2 Å². The third-order valence-electron chi connectivity index (χ3n) is 5.04. The Labute approximate surface area is 144 Å². The van der Waals surface area contributed by atoms with Gasteiger partial charge in [0.05, 0.1) is 12.2 Å². The normalized spacial score (nSPS) is 15.6. The molecule has 3 rings (SSSR count). The Morgan fingerprint density at radius 3 is 2.75 bits per heavy atom. The van der Waals surface area contributed by atoms with Crippen molar-refractivity contribution in [3.63, 3.8) is 0 Å². The number of rotatable bonds is 6. The summed E-state index contributed by atoms with van der Waals surface area (Å²) in [4.78, 5) is 16.9. The van der Waals surface area contributed by atoms with Crippen molar-refractivity contribution in [2.75, 3.05) is 6.54 Å². The van der Waals surface area contributed by atoms with Crippen LogP contribution in [0.3, 0.4) is 0 Å². The lowest BCUT2D eigenvalue weighted by Crippen LogP contribution is -2.23. The third-order valence-corrected chi connectivity index (χ3v) is 5.04. The van der Waals surface area contributed by atoms with Gasteiger partial charge in [-0.2, -0.15) is 0 Å². The molecule has 2 aromatic rings. The molecule has 0 aromatic carbocycles. The molecule has 0 atom stereocenters. The molecular formula is C20H27N3O. The van der Waals surface area contributed by atoms with E-state index in [1.54, 1.807) is 6.20 Å². The number of Topliss-reactive ketones (excluding diaryl/α,β-unsaturated/α-hetero) is 1. The Morgan fingerprint density at radius 2 is 2.04 bits per heavy atom. The second-order valence-corrected chi connectivity index (χ2v) is 6.79. The largest absolute Gasteiger partial charge is 0.345 e. The van der Waals surface area contributed by atoms with Crippen molar-refractivity contribution in [2.24, 2.45) is 0 Å². The number of aryl methyl sites for hydroxylation is 1. The average Bonchev–Trinajstić information content (AvgIpc) is 2.91. The van der Waals surface area contributed by atoms with Crippen LogP contribution in [0.4, 0.5) is 0 Å². The highest BCUT2D eigenvalue weighted by molar-refractivity contribution is 5.99. The van der Waals surface area contributed by atoms with E-state index in [2.05, 4.69) is 34.8 Å². The van der Waals surface area contributed by atoms with E-state index < -0.39 is 0 Å². The van der Waals surface area contributed by atoms with Crippen LogP contribution in [0.1, 0.15) is 65.6 Å². The van der Waals surface area contributed by atoms with Crippen LogP contribution in [-0.2, 0) is 6.54 Å². The molecule has 2 heterocycles. The SMILES string of the molecule is Cc1cc(C(=O)CNCc2ccccn2)c(C)n1C1CCCCC1. The van der Waals surface area contributed by atoms with Crippen LogP contribution in [0.5, 0.6) is 0 Å². The molecule has 0 spiro atoms. The van der Waals surface area contributed by atoms with Crippen molar-refractivity contribution in [3.8, 4) is 0 Å². The number of aromatic nitrogens is 2. The number of ketones is 1. The summed E-state index contributed by atoms with van der Waals surface area (Å²) in [5, 5.41) is 3.21. The van der Waals surface area contributed by atoms with Gasteiger partial charge < -0.3 is 9.88 Å². The predicted molar refractivity (Wildman–Crippen MR) is 96.3 cm³/mol. The summed E-state index contributed by atoms with van der Waals surface area (Å²) in [5.74, 6) is 0.168. The first kappa shape index (κ1) is 16.9. The lowest BCUT2D eigenvalue weighted by atomic mass is 9.95. The Balaban J connectivity index is 1.64. The van der Waals surface area contributed by atoms with Crippen LogP contribution in [0.15, 0.2) is 30.5 Å². The first-order valence-corrected chi connectivity index (χ1v) is 8.99. The number of nitrogens with one attached hydrogen (secondary N) is 1. The highest BCUT2D eigenvalue weighted by atomic mass is 16.1. The Morgan fingerprint density at radius 1 is 1.25 bits per heavy atom. The average molecular weight is 325 g/mol. The summed E-state index contributed by atoms with van der Waals surface area (Å²) in [6, 6.07) is 8.46. The van der Waals surface area contributed by atoms with Crippen LogP contribution < -0.4 is 5.32 Å². The monoisotopic (exact) mass is 325 g/mol. The second kappa shape index (κ2) is 7.75. The van der Waals surface area contributed by atoms with Crippen LogP contribution in [0, 0.1) is 13.8 Å². The highest BCUT2D eigenvalue weighted by Crippen LogP contribution is 2.32. The van der Waals surface area contributed by atoms with Gasteiger partial charge >= 0.3 is 0 Å². The van der Waals surface area contributed by atoms with Gasteiger partial charge in [-0.25, -0.2) is 0 Å². The van der Waals surface area contributed by atoms with Gasteiger partial charge in [-0.1, -0.05) is 25.3 Å². The lowest BCUT2D eigenvalue weighted by Gasteiger charge is -2.26. The molecule has 0 saturated heterocycles. The molecule has 0 unspecified atom stereocenters. The zero-order valence-electron chi connectivity index (χ0n) is 14.7. The molecule has 0 bridgehead atoms. The van der Waals surface area contributed by atoms with Crippen LogP contribution in [0.25, 0.3) is 0 Å². The Kier molecular flexibility index (Phi) is 5.46. The maximum atomic E-state index is 12.6. The number of nitrogens with zero attached hydrogens (tertiary/aromatic N) is 2. The molecule has 1 N–H and O–H groups in total. The van der Waals surface area contributed by atoms with E-state index in [0.29, 0.717) is 19.1 Å². The summed E-state index contributed by atoms with van der Waals surface area (Å²) in [6.45, 7) is 5.19. The number of pyridine rings is 1. The van der Waals surface area contributed by atoms with Gasteiger partial charge in [0.1, 0.15) is 0 Å². The molecule has 4 heteroatoms. The van der Waals surface area contributed by atoms with Crippen molar-refractivity contribution < 1.29 is 4.79 Å². The molecule has 0 radical (unpaired) electrons. The van der Waals surface area contributed by atoms with Gasteiger partial charge in [0, 0.05) is 35.7 Å². The fourth-order valence-corrected chi connectivity index (χ4v) is 3.86. The van der Waals surface area contributed by atoms with E-state index in [-0.39, 0.29) is 5.78 Å². The fraction of sp³-hybridized carbons (Fsp3) is 0.500. The van der Waals surface area contributed by atoms with Gasteiger partial charge in [-0.3, -0.25) is 9.78 Å². The zero-order valence-corrected chi connectivity index (χ0v) is 14.7. The standard InChI is InChI=1S/C20H27N3O/c1-15-12-19(16(2)23(15)18-9-4-3-5-10-18)20(24)14-21-13-17-8-6-7-11-22-17/h6-8,11-12,18,21H,3-5,9-10,13-14H2,1-2H3. The molecule has 24 heavy (non-hydrogen) atoms. The summed E-state index contributed by atoms with van der Waals surface area (Å²) >= 11 is 0. The van der Waals surface area contributed by atoms with Crippen molar-refractivity contribution in [2.45, 2.75) is 58.5 Å². The first-order valence-electron chi connectivity index (χ1n) is 8.99. The molecule has 1 aliphatic rings. The van der Waals surface area contributed by atoms with Crippen LogP contribution in [-0.4, -0.2) is 21.9 Å². The molecule has 2 aromatic heterocycles. The Hall–Kier alpha value is -1.94. The van der Waals surface area contributed by atoms with E-state index in [9.17, 15) is 4.79 Å². The molecule has 4 nitrogen and oxygen atoms in total. The maximum Gasteiger partial charge on any atom is 0.178 e. The van der Waals surface area contributed by atoms with E-state index in [0.717, 1.165) is 17.0 Å². The van der Waals surface area contributed by atoms with Crippen molar-refractivity contribution >= 4 is 5.78 Å². The second-order valence-electron chi connectivity index (χ2n) is 6.79. The summed E-state index contributed by atoms with van der Waals surface area (Å²) in [7, 11) is 0. The Bertz CT molecular complexity index is 684. The van der Waals surface area contributed by atoms with Crippen molar-refractivity contribution in [3.05, 3.63) is 53.1 Å².